The molecule has 5 heteroatoms. The fraction of sp³-hybridized carbons (Fsp3) is 0.143. The third-order valence-electron chi connectivity index (χ3n) is 2.52. The summed E-state index contributed by atoms with van der Waals surface area (Å²) < 4.78 is 19.6. The number of benzene rings is 2. The molecule has 0 aliphatic heterocycles. The molecule has 0 amide bonds. The van der Waals surface area contributed by atoms with Crippen molar-refractivity contribution in [3.8, 4) is 11.5 Å². The molecule has 0 aliphatic rings. The summed E-state index contributed by atoms with van der Waals surface area (Å²) >= 11 is 9.19. The lowest BCUT2D eigenvalue weighted by atomic mass is 10.2. The molecule has 2 rings (SSSR count). The SMILES string of the molecule is CNCc1ccc(Oc2ccc(F)c(Cl)c2)cc1Br. The van der Waals surface area contributed by atoms with Gasteiger partial charge in [-0.05, 0) is 36.9 Å². The number of nitrogens with one attached hydrogen (secondary N) is 1. The molecule has 2 aromatic rings. The monoisotopic (exact) mass is 343 g/mol. The van der Waals surface area contributed by atoms with Gasteiger partial charge in [0.2, 0.25) is 0 Å². The molecular weight excluding hydrogens is 333 g/mol. The Hall–Kier alpha value is -1.10. The van der Waals surface area contributed by atoms with Crippen molar-refractivity contribution in [2.75, 3.05) is 7.05 Å². The van der Waals surface area contributed by atoms with Crippen molar-refractivity contribution < 1.29 is 9.13 Å². The maximum Gasteiger partial charge on any atom is 0.142 e. The van der Waals surface area contributed by atoms with Gasteiger partial charge < -0.3 is 10.1 Å². The summed E-state index contributed by atoms with van der Waals surface area (Å²) in [6.07, 6.45) is 0. The van der Waals surface area contributed by atoms with Crippen LogP contribution >= 0.6 is 27.5 Å². The first-order valence-corrected chi connectivity index (χ1v) is 6.83. The van der Waals surface area contributed by atoms with E-state index in [1.54, 1.807) is 0 Å². The number of rotatable bonds is 4. The number of hydrogen-bond donors (Lipinski definition) is 1. The molecule has 0 unspecified atom stereocenters. The van der Waals surface area contributed by atoms with E-state index in [1.165, 1.54) is 18.2 Å². The number of ether oxygens (including phenoxy) is 1. The smallest absolute Gasteiger partial charge is 0.142 e. The van der Waals surface area contributed by atoms with E-state index in [1.807, 2.05) is 25.2 Å². The highest BCUT2D eigenvalue weighted by atomic mass is 79.9. The molecule has 0 heterocycles. The van der Waals surface area contributed by atoms with E-state index in [0.29, 0.717) is 11.5 Å². The number of halogens is 3. The van der Waals surface area contributed by atoms with Gasteiger partial charge in [-0.1, -0.05) is 33.6 Å². The number of hydrogen-bond acceptors (Lipinski definition) is 2. The lowest BCUT2D eigenvalue weighted by Gasteiger charge is -2.09. The van der Waals surface area contributed by atoms with Crippen LogP contribution in [0.4, 0.5) is 4.39 Å². The Morgan fingerprint density at radius 3 is 2.53 bits per heavy atom. The molecule has 0 saturated heterocycles. The highest BCUT2D eigenvalue weighted by Gasteiger charge is 2.05. The minimum atomic E-state index is -0.459. The summed E-state index contributed by atoms with van der Waals surface area (Å²) in [7, 11) is 1.89. The zero-order valence-electron chi connectivity index (χ0n) is 10.2. The van der Waals surface area contributed by atoms with Crippen LogP contribution < -0.4 is 10.1 Å². The molecule has 0 saturated carbocycles. The van der Waals surface area contributed by atoms with Gasteiger partial charge in [-0.15, -0.1) is 0 Å². The second-order valence-corrected chi connectivity index (χ2v) is 5.22. The van der Waals surface area contributed by atoms with Crippen molar-refractivity contribution in [1.29, 1.82) is 0 Å². The second kappa shape index (κ2) is 6.37. The normalized spacial score (nSPS) is 10.5. The molecule has 2 aromatic carbocycles. The minimum Gasteiger partial charge on any atom is -0.457 e. The first kappa shape index (κ1) is 14.3. The van der Waals surface area contributed by atoms with E-state index in [2.05, 4.69) is 21.2 Å². The summed E-state index contributed by atoms with van der Waals surface area (Å²) in [6, 6.07) is 9.95. The summed E-state index contributed by atoms with van der Waals surface area (Å²) in [5.41, 5.74) is 1.13. The fourth-order valence-electron chi connectivity index (χ4n) is 1.60. The van der Waals surface area contributed by atoms with Gasteiger partial charge in [-0.25, -0.2) is 4.39 Å². The Morgan fingerprint density at radius 2 is 1.89 bits per heavy atom. The van der Waals surface area contributed by atoms with E-state index in [0.717, 1.165) is 16.6 Å². The Morgan fingerprint density at radius 1 is 1.21 bits per heavy atom. The van der Waals surface area contributed by atoms with Crippen LogP contribution in [0.25, 0.3) is 0 Å². The molecule has 0 spiro atoms. The van der Waals surface area contributed by atoms with Gasteiger partial charge in [0.25, 0.3) is 0 Å². The van der Waals surface area contributed by atoms with Crippen molar-refractivity contribution in [2.45, 2.75) is 6.54 Å². The summed E-state index contributed by atoms with van der Waals surface area (Å²) in [4.78, 5) is 0. The second-order valence-electron chi connectivity index (χ2n) is 3.96. The third-order valence-corrected chi connectivity index (χ3v) is 3.55. The lowest BCUT2D eigenvalue weighted by Crippen LogP contribution is -2.05. The van der Waals surface area contributed by atoms with Gasteiger partial charge in [0, 0.05) is 17.1 Å². The van der Waals surface area contributed by atoms with E-state index >= 15 is 0 Å². The zero-order chi connectivity index (χ0) is 13.8. The van der Waals surface area contributed by atoms with E-state index in [-0.39, 0.29) is 5.02 Å². The Labute approximate surface area is 124 Å². The molecule has 2 nitrogen and oxygen atoms in total. The van der Waals surface area contributed by atoms with Crippen molar-refractivity contribution in [2.24, 2.45) is 0 Å². The molecule has 0 atom stereocenters. The van der Waals surface area contributed by atoms with Crippen LogP contribution in [0.1, 0.15) is 5.56 Å². The average Bonchev–Trinajstić information content (AvgIpc) is 2.37. The minimum absolute atomic E-state index is 0.0448. The van der Waals surface area contributed by atoms with Gasteiger partial charge in [0.1, 0.15) is 17.3 Å². The molecular formula is C14H12BrClFNO. The van der Waals surface area contributed by atoms with Crippen LogP contribution in [0.15, 0.2) is 40.9 Å². The molecule has 0 aliphatic carbocycles. The van der Waals surface area contributed by atoms with Crippen LogP contribution in [0, 0.1) is 5.82 Å². The molecule has 19 heavy (non-hydrogen) atoms. The van der Waals surface area contributed by atoms with Gasteiger partial charge in [0.05, 0.1) is 5.02 Å². The molecule has 100 valence electrons. The van der Waals surface area contributed by atoms with Gasteiger partial charge in [0.15, 0.2) is 0 Å². The van der Waals surface area contributed by atoms with Crippen molar-refractivity contribution in [3.63, 3.8) is 0 Å². The zero-order valence-corrected chi connectivity index (χ0v) is 12.6. The predicted molar refractivity (Wildman–Crippen MR) is 78.4 cm³/mol. The maximum absolute atomic E-state index is 13.0. The predicted octanol–water partition coefficient (Wildman–Crippen LogP) is 4.75. The van der Waals surface area contributed by atoms with E-state index in [4.69, 9.17) is 16.3 Å². The summed E-state index contributed by atoms with van der Waals surface area (Å²) in [5, 5.41) is 3.12. The summed E-state index contributed by atoms with van der Waals surface area (Å²) in [6.45, 7) is 0.767. The topological polar surface area (TPSA) is 21.3 Å². The van der Waals surface area contributed by atoms with Gasteiger partial charge in [-0.2, -0.15) is 0 Å². The highest BCUT2D eigenvalue weighted by molar-refractivity contribution is 9.10. The quantitative estimate of drug-likeness (QED) is 0.864. The highest BCUT2D eigenvalue weighted by Crippen LogP contribution is 2.29. The van der Waals surface area contributed by atoms with Crippen molar-refractivity contribution in [1.82, 2.24) is 5.32 Å². The molecule has 0 radical (unpaired) electrons. The van der Waals surface area contributed by atoms with Crippen LogP contribution in [0.5, 0.6) is 11.5 Å². The first-order valence-electron chi connectivity index (χ1n) is 5.66. The van der Waals surface area contributed by atoms with Crippen molar-refractivity contribution >= 4 is 27.5 Å². The van der Waals surface area contributed by atoms with Crippen LogP contribution in [-0.4, -0.2) is 7.05 Å². The van der Waals surface area contributed by atoms with Gasteiger partial charge in [-0.3, -0.25) is 0 Å². The molecule has 0 bridgehead atoms. The van der Waals surface area contributed by atoms with Gasteiger partial charge >= 0.3 is 0 Å². The Balaban J connectivity index is 2.19. The lowest BCUT2D eigenvalue weighted by molar-refractivity contribution is 0.480. The first-order chi connectivity index (χ1) is 9.10. The van der Waals surface area contributed by atoms with Crippen LogP contribution in [0.3, 0.4) is 0 Å². The third kappa shape index (κ3) is 3.69. The average molecular weight is 345 g/mol. The van der Waals surface area contributed by atoms with E-state index < -0.39 is 5.82 Å². The molecule has 0 aromatic heterocycles. The maximum atomic E-state index is 13.0. The summed E-state index contributed by atoms with van der Waals surface area (Å²) in [5.74, 6) is 0.702. The standard InChI is InChI=1S/C14H12BrClFNO/c1-18-8-9-2-3-10(6-12(9)15)19-11-4-5-14(17)13(16)7-11/h2-7,18H,8H2,1H3. The van der Waals surface area contributed by atoms with E-state index in [9.17, 15) is 4.39 Å². The largest absolute Gasteiger partial charge is 0.457 e. The van der Waals surface area contributed by atoms with Crippen molar-refractivity contribution in [3.05, 3.63) is 57.3 Å². The molecule has 0 fully saturated rings. The fourth-order valence-corrected chi connectivity index (χ4v) is 2.27. The van der Waals surface area contributed by atoms with Crippen LogP contribution in [0.2, 0.25) is 5.02 Å². The molecule has 1 N–H and O–H groups in total. The Kier molecular flexibility index (Phi) is 4.80. The van der Waals surface area contributed by atoms with Crippen LogP contribution in [-0.2, 0) is 6.54 Å². The Bertz CT molecular complexity index is 592.